The first kappa shape index (κ1) is 19.2. The van der Waals surface area contributed by atoms with Gasteiger partial charge in [-0.15, -0.1) is 0 Å². The number of hydrogen-bond donors (Lipinski definition) is 1. The van der Waals surface area contributed by atoms with Crippen LogP contribution in [0, 0.1) is 0 Å². The summed E-state index contributed by atoms with van der Waals surface area (Å²) in [5, 5.41) is 2.75. The number of rotatable bonds is 4. The second-order valence-corrected chi connectivity index (χ2v) is 6.72. The summed E-state index contributed by atoms with van der Waals surface area (Å²) in [5.74, 6) is 1.09. The van der Waals surface area contributed by atoms with Crippen LogP contribution in [0.4, 0.5) is 0 Å². The molecule has 0 aliphatic carbocycles. The lowest BCUT2D eigenvalue weighted by Crippen LogP contribution is -2.45. The summed E-state index contributed by atoms with van der Waals surface area (Å²) in [4.78, 5) is 13.0. The molecule has 0 radical (unpaired) electrons. The number of methoxy groups -OCH3 is 1. The van der Waals surface area contributed by atoms with E-state index in [-0.39, 0.29) is 5.92 Å². The largest absolute Gasteiger partial charge is 0.497 e. The number of hydrogen-bond acceptors (Lipinski definition) is 3. The van der Waals surface area contributed by atoms with Gasteiger partial charge in [0, 0.05) is 12.0 Å². The summed E-state index contributed by atoms with van der Waals surface area (Å²) in [6.07, 6.45) is 0.898. The monoisotopic (exact) mass is 341 g/mol. The quantitative estimate of drug-likeness (QED) is 0.868. The molecule has 2 aromatic rings. The summed E-state index contributed by atoms with van der Waals surface area (Å²) >= 11 is 0. The van der Waals surface area contributed by atoms with E-state index < -0.39 is 0 Å². The zero-order chi connectivity index (χ0) is 18.3. The SMILES string of the molecule is CNC.COc1cccc(C2CC[N+](C)(Cc3ccccc3)C2=O)c1. The first-order valence-corrected chi connectivity index (χ1v) is 8.69. The average Bonchev–Trinajstić information content (AvgIpc) is 2.91. The van der Waals surface area contributed by atoms with Gasteiger partial charge in [0.05, 0.1) is 20.7 Å². The molecular weight excluding hydrogens is 312 g/mol. The van der Waals surface area contributed by atoms with Crippen molar-refractivity contribution in [3.05, 3.63) is 65.7 Å². The van der Waals surface area contributed by atoms with Crippen molar-refractivity contribution in [2.75, 3.05) is 34.8 Å². The van der Waals surface area contributed by atoms with E-state index in [0.29, 0.717) is 10.4 Å². The van der Waals surface area contributed by atoms with Crippen LogP contribution in [-0.4, -0.2) is 45.2 Å². The molecule has 1 aliphatic heterocycles. The number of nitrogens with one attached hydrogen (secondary N) is 1. The molecule has 2 aromatic carbocycles. The molecule has 0 spiro atoms. The Kier molecular flexibility index (Phi) is 6.73. The van der Waals surface area contributed by atoms with E-state index in [1.54, 1.807) is 7.11 Å². The third-order valence-electron chi connectivity index (χ3n) is 4.61. The Balaban J connectivity index is 0.000000701. The van der Waals surface area contributed by atoms with Gasteiger partial charge in [-0.3, -0.25) is 4.48 Å². The Hall–Kier alpha value is -2.17. The van der Waals surface area contributed by atoms with Gasteiger partial charge < -0.3 is 10.1 Å². The molecule has 4 heteroatoms. The number of carbonyl (C=O) groups excluding carboxylic acids is 1. The fraction of sp³-hybridized carbons (Fsp3) is 0.381. The van der Waals surface area contributed by atoms with Crippen LogP contribution in [0.25, 0.3) is 0 Å². The number of nitrogens with zero attached hydrogens (tertiary/aromatic N) is 1. The first-order valence-electron chi connectivity index (χ1n) is 8.69. The summed E-state index contributed by atoms with van der Waals surface area (Å²) in [5.41, 5.74) is 2.28. The molecule has 0 bridgehead atoms. The van der Waals surface area contributed by atoms with Crippen LogP contribution in [0.15, 0.2) is 54.6 Å². The van der Waals surface area contributed by atoms with Gasteiger partial charge in [0.1, 0.15) is 18.2 Å². The lowest BCUT2D eigenvalue weighted by molar-refractivity contribution is -0.840. The highest BCUT2D eigenvalue weighted by molar-refractivity contribution is 5.79. The van der Waals surface area contributed by atoms with Gasteiger partial charge >= 0.3 is 5.91 Å². The second-order valence-electron chi connectivity index (χ2n) is 6.72. The van der Waals surface area contributed by atoms with Gasteiger partial charge in [-0.25, -0.2) is 4.79 Å². The minimum absolute atomic E-state index is 0.0242. The minimum Gasteiger partial charge on any atom is -0.497 e. The number of likely N-dealkylation sites (tertiary alicyclic amines) is 1. The van der Waals surface area contributed by atoms with Crippen LogP contribution in [0.3, 0.4) is 0 Å². The normalized spacial score (nSPS) is 22.2. The molecule has 25 heavy (non-hydrogen) atoms. The fourth-order valence-electron chi connectivity index (χ4n) is 3.33. The third-order valence-corrected chi connectivity index (χ3v) is 4.61. The van der Waals surface area contributed by atoms with Gasteiger partial charge in [0.15, 0.2) is 0 Å². The lowest BCUT2D eigenvalue weighted by atomic mass is 9.97. The number of benzene rings is 2. The molecule has 0 aromatic heterocycles. The van der Waals surface area contributed by atoms with Crippen LogP contribution in [0.5, 0.6) is 5.75 Å². The van der Waals surface area contributed by atoms with Gasteiger partial charge in [0.25, 0.3) is 0 Å². The Morgan fingerprint density at radius 3 is 2.44 bits per heavy atom. The molecule has 3 rings (SSSR count). The predicted molar refractivity (Wildman–Crippen MR) is 102 cm³/mol. The van der Waals surface area contributed by atoms with E-state index in [9.17, 15) is 4.79 Å². The number of likely N-dealkylation sites (N-methyl/N-ethyl adjacent to an activating group) is 1. The molecule has 0 saturated carbocycles. The highest BCUT2D eigenvalue weighted by Crippen LogP contribution is 2.35. The van der Waals surface area contributed by atoms with E-state index in [1.807, 2.05) is 56.6 Å². The van der Waals surface area contributed by atoms with Crippen LogP contribution in [0.1, 0.15) is 23.5 Å². The Morgan fingerprint density at radius 1 is 1.12 bits per heavy atom. The number of amides is 1. The Bertz CT molecular complexity index is 687. The van der Waals surface area contributed by atoms with Crippen molar-refractivity contribution >= 4 is 5.91 Å². The standard InChI is InChI=1S/C19H22NO2.C2H7N/c1-20(14-15-7-4-3-5-8-15)12-11-18(19(20)21)16-9-6-10-17(13-16)22-2;1-3-2/h3-10,13,18H,11-12,14H2,1-2H3;3H,1-2H3/q+1;. The van der Waals surface area contributed by atoms with Crippen molar-refractivity contribution in [3.8, 4) is 5.75 Å². The van der Waals surface area contributed by atoms with Crippen molar-refractivity contribution < 1.29 is 14.0 Å². The van der Waals surface area contributed by atoms with E-state index in [0.717, 1.165) is 30.8 Å². The summed E-state index contributed by atoms with van der Waals surface area (Å²) in [6, 6.07) is 18.1. The molecule has 4 nitrogen and oxygen atoms in total. The first-order chi connectivity index (χ1) is 12.0. The van der Waals surface area contributed by atoms with Crippen molar-refractivity contribution in [2.24, 2.45) is 0 Å². The molecule has 1 heterocycles. The Morgan fingerprint density at radius 2 is 1.80 bits per heavy atom. The average molecular weight is 341 g/mol. The van der Waals surface area contributed by atoms with Gasteiger partial charge in [-0.05, 0) is 31.8 Å². The summed E-state index contributed by atoms with van der Waals surface area (Å²) in [7, 11) is 7.46. The number of ether oxygens (including phenoxy) is 1. The second kappa shape index (κ2) is 8.79. The van der Waals surface area contributed by atoms with Crippen molar-refractivity contribution in [2.45, 2.75) is 18.9 Å². The highest BCUT2D eigenvalue weighted by Gasteiger charge is 2.45. The maximum atomic E-state index is 13.0. The van der Waals surface area contributed by atoms with Gasteiger partial charge in [0.2, 0.25) is 0 Å². The van der Waals surface area contributed by atoms with Crippen molar-refractivity contribution in [3.63, 3.8) is 0 Å². The maximum Gasteiger partial charge on any atom is 0.321 e. The molecule has 1 aliphatic rings. The zero-order valence-corrected chi connectivity index (χ0v) is 15.7. The Labute approximate surface area is 151 Å². The van der Waals surface area contributed by atoms with Crippen LogP contribution < -0.4 is 10.1 Å². The zero-order valence-electron chi connectivity index (χ0n) is 15.7. The van der Waals surface area contributed by atoms with Gasteiger partial charge in [-0.2, -0.15) is 0 Å². The van der Waals surface area contributed by atoms with Crippen LogP contribution >= 0.6 is 0 Å². The van der Waals surface area contributed by atoms with E-state index in [4.69, 9.17) is 4.74 Å². The fourth-order valence-corrected chi connectivity index (χ4v) is 3.33. The van der Waals surface area contributed by atoms with Crippen LogP contribution in [-0.2, 0) is 11.3 Å². The summed E-state index contributed by atoms with van der Waals surface area (Å²) in [6.45, 7) is 1.65. The number of carbonyl (C=O) groups is 1. The molecule has 1 fully saturated rings. The van der Waals surface area contributed by atoms with Crippen molar-refractivity contribution in [1.29, 1.82) is 0 Å². The lowest BCUT2D eigenvalue weighted by Gasteiger charge is -2.27. The smallest absolute Gasteiger partial charge is 0.321 e. The highest BCUT2D eigenvalue weighted by atomic mass is 16.5. The molecule has 2 unspecified atom stereocenters. The molecule has 1 amide bonds. The molecule has 134 valence electrons. The molecular formula is C21H29N2O2+. The summed E-state index contributed by atoms with van der Waals surface area (Å²) < 4.78 is 5.76. The molecule has 2 atom stereocenters. The van der Waals surface area contributed by atoms with E-state index >= 15 is 0 Å². The van der Waals surface area contributed by atoms with Crippen molar-refractivity contribution in [1.82, 2.24) is 5.32 Å². The topological polar surface area (TPSA) is 38.3 Å². The van der Waals surface area contributed by atoms with E-state index in [1.165, 1.54) is 5.56 Å². The minimum atomic E-state index is -0.0242. The third kappa shape index (κ3) is 4.68. The number of quaternary nitrogens is 1. The van der Waals surface area contributed by atoms with Crippen LogP contribution in [0.2, 0.25) is 0 Å². The predicted octanol–water partition coefficient (Wildman–Crippen LogP) is 3.19. The van der Waals surface area contributed by atoms with E-state index in [2.05, 4.69) is 24.5 Å². The molecule has 1 saturated heterocycles. The van der Waals surface area contributed by atoms with Gasteiger partial charge in [-0.1, -0.05) is 42.5 Å². The molecule has 1 N–H and O–H groups in total. The maximum absolute atomic E-state index is 13.0.